The summed E-state index contributed by atoms with van der Waals surface area (Å²) >= 11 is 0. The highest BCUT2D eigenvalue weighted by Crippen LogP contribution is 2.31. The lowest BCUT2D eigenvalue weighted by Crippen LogP contribution is -2.63. The molecule has 1 spiro atoms. The largest absolute Gasteiger partial charge is 0.491 e. The van der Waals surface area contributed by atoms with E-state index >= 15 is 0 Å². The van der Waals surface area contributed by atoms with Crippen molar-refractivity contribution in [1.29, 1.82) is 0 Å². The maximum atomic E-state index is 14.1. The number of aryl methyl sites for hydroxylation is 1. The smallest absolute Gasteiger partial charge is 0.272 e. The van der Waals surface area contributed by atoms with Crippen LogP contribution in [0.1, 0.15) is 49.2 Å². The monoisotopic (exact) mass is 501 g/mol. The molecule has 1 unspecified atom stereocenters. The molecule has 1 atom stereocenters. The van der Waals surface area contributed by atoms with E-state index in [1.54, 1.807) is 11.0 Å². The van der Waals surface area contributed by atoms with Crippen LogP contribution in [-0.2, 0) is 16.0 Å². The van der Waals surface area contributed by atoms with E-state index < -0.39 is 5.60 Å². The van der Waals surface area contributed by atoms with Gasteiger partial charge in [-0.25, -0.2) is 4.98 Å². The van der Waals surface area contributed by atoms with Crippen LogP contribution in [0.15, 0.2) is 60.7 Å². The summed E-state index contributed by atoms with van der Waals surface area (Å²) < 4.78 is 12.4. The van der Waals surface area contributed by atoms with E-state index in [9.17, 15) is 9.59 Å². The number of rotatable bonds is 2. The standard InChI is InChI=1S/C30H35N3O4/c1-22(2)33-18-19-36-27-13-6-4-10-24(27)11-7-8-16-30(29(33)35)21-32(17-20-37-30)28(34)26-15-14-23-9-3-5-12-25(23)31-26/h3-6,9-10,12-15,22H,7-8,11,16-21H2,1-2H3. The summed E-state index contributed by atoms with van der Waals surface area (Å²) in [6.45, 7) is 5.85. The number of benzene rings is 2. The summed E-state index contributed by atoms with van der Waals surface area (Å²) in [5.41, 5.74) is 1.28. The number of amides is 2. The van der Waals surface area contributed by atoms with E-state index in [2.05, 4.69) is 11.1 Å². The van der Waals surface area contributed by atoms with Crippen LogP contribution in [0.3, 0.4) is 0 Å². The fourth-order valence-electron chi connectivity index (χ4n) is 5.38. The summed E-state index contributed by atoms with van der Waals surface area (Å²) in [6, 6.07) is 19.5. The van der Waals surface area contributed by atoms with E-state index in [1.807, 2.05) is 67.3 Å². The molecule has 2 aromatic carbocycles. The summed E-state index contributed by atoms with van der Waals surface area (Å²) in [5, 5.41) is 0.989. The highest BCUT2D eigenvalue weighted by atomic mass is 16.5. The zero-order valence-electron chi connectivity index (χ0n) is 21.7. The number of morpholine rings is 1. The number of hydrogen-bond acceptors (Lipinski definition) is 5. The number of hydrogen-bond donors (Lipinski definition) is 0. The van der Waals surface area contributed by atoms with Crippen molar-refractivity contribution < 1.29 is 19.1 Å². The Kier molecular flexibility index (Phi) is 7.42. The van der Waals surface area contributed by atoms with Crippen LogP contribution in [0, 0.1) is 0 Å². The number of nitrogens with zero attached hydrogens (tertiary/aromatic N) is 3. The molecule has 37 heavy (non-hydrogen) atoms. The van der Waals surface area contributed by atoms with Gasteiger partial charge in [0.05, 0.1) is 25.2 Å². The van der Waals surface area contributed by atoms with E-state index in [0.717, 1.165) is 35.9 Å². The number of pyridine rings is 1. The van der Waals surface area contributed by atoms with E-state index in [0.29, 0.717) is 38.4 Å². The van der Waals surface area contributed by atoms with Crippen LogP contribution in [0.5, 0.6) is 5.75 Å². The molecule has 0 radical (unpaired) electrons. The molecule has 2 amide bonds. The molecule has 0 saturated carbocycles. The normalized spacial score (nSPS) is 21.3. The summed E-state index contributed by atoms with van der Waals surface area (Å²) in [4.78, 5) is 35.9. The Morgan fingerprint density at radius 1 is 0.973 bits per heavy atom. The minimum atomic E-state index is -1.08. The molecule has 2 aliphatic heterocycles. The lowest BCUT2D eigenvalue weighted by Gasteiger charge is -2.45. The molecule has 2 aliphatic rings. The van der Waals surface area contributed by atoms with Gasteiger partial charge < -0.3 is 19.3 Å². The Hall–Kier alpha value is -3.45. The Bertz CT molecular complexity index is 1280. The first-order valence-corrected chi connectivity index (χ1v) is 13.3. The minimum Gasteiger partial charge on any atom is -0.491 e. The molecule has 1 aromatic heterocycles. The molecule has 1 fully saturated rings. The average Bonchev–Trinajstić information content (AvgIpc) is 2.92. The molecular formula is C30H35N3O4. The van der Waals surface area contributed by atoms with Crippen LogP contribution in [-0.4, -0.2) is 71.1 Å². The predicted octanol–water partition coefficient (Wildman–Crippen LogP) is 4.49. The number of para-hydroxylation sites is 2. The molecule has 7 nitrogen and oxygen atoms in total. The lowest BCUT2D eigenvalue weighted by molar-refractivity contribution is -0.172. The number of carbonyl (C=O) groups is 2. The van der Waals surface area contributed by atoms with Crippen molar-refractivity contribution in [2.24, 2.45) is 0 Å². The van der Waals surface area contributed by atoms with Gasteiger partial charge in [0.25, 0.3) is 11.8 Å². The molecule has 0 N–H and O–H groups in total. The van der Waals surface area contributed by atoms with Gasteiger partial charge in [0.1, 0.15) is 18.1 Å². The zero-order valence-corrected chi connectivity index (χ0v) is 21.7. The molecule has 3 aromatic rings. The molecule has 0 aliphatic carbocycles. The van der Waals surface area contributed by atoms with Gasteiger partial charge in [-0.1, -0.05) is 42.5 Å². The van der Waals surface area contributed by atoms with Gasteiger partial charge in [-0.15, -0.1) is 0 Å². The zero-order chi connectivity index (χ0) is 25.8. The fourth-order valence-corrected chi connectivity index (χ4v) is 5.38. The summed E-state index contributed by atoms with van der Waals surface area (Å²) in [7, 11) is 0. The van der Waals surface area contributed by atoms with Gasteiger partial charge in [0.2, 0.25) is 0 Å². The third-order valence-electron chi connectivity index (χ3n) is 7.40. The van der Waals surface area contributed by atoms with Gasteiger partial charge in [0.15, 0.2) is 5.60 Å². The first-order valence-electron chi connectivity index (χ1n) is 13.3. The van der Waals surface area contributed by atoms with Crippen molar-refractivity contribution in [2.75, 3.05) is 32.8 Å². The number of aromatic nitrogens is 1. The van der Waals surface area contributed by atoms with Crippen molar-refractivity contribution in [3.63, 3.8) is 0 Å². The number of fused-ring (bicyclic) bond motifs is 2. The van der Waals surface area contributed by atoms with Crippen molar-refractivity contribution in [3.8, 4) is 5.75 Å². The van der Waals surface area contributed by atoms with Gasteiger partial charge in [0, 0.05) is 18.0 Å². The average molecular weight is 502 g/mol. The molecular weight excluding hydrogens is 466 g/mol. The van der Waals surface area contributed by atoms with Gasteiger partial charge in [-0.05, 0) is 63.3 Å². The minimum absolute atomic E-state index is 0.0250. The van der Waals surface area contributed by atoms with E-state index in [-0.39, 0.29) is 24.4 Å². The molecule has 1 saturated heterocycles. The van der Waals surface area contributed by atoms with Crippen molar-refractivity contribution in [3.05, 3.63) is 71.9 Å². The van der Waals surface area contributed by atoms with Crippen LogP contribution >= 0.6 is 0 Å². The van der Waals surface area contributed by atoms with Crippen LogP contribution in [0.2, 0.25) is 0 Å². The highest BCUT2D eigenvalue weighted by Gasteiger charge is 2.47. The second-order valence-electron chi connectivity index (χ2n) is 10.2. The highest BCUT2D eigenvalue weighted by molar-refractivity contribution is 5.96. The Morgan fingerprint density at radius 2 is 1.78 bits per heavy atom. The second kappa shape index (κ2) is 10.9. The molecule has 194 valence electrons. The summed E-state index contributed by atoms with van der Waals surface area (Å²) in [6.07, 6.45) is 3.15. The molecule has 5 rings (SSSR count). The number of ether oxygens (including phenoxy) is 2. The Balaban J connectivity index is 1.41. The fraction of sp³-hybridized carbons (Fsp3) is 0.433. The quantitative estimate of drug-likeness (QED) is 0.518. The predicted molar refractivity (Wildman–Crippen MR) is 143 cm³/mol. The third kappa shape index (κ3) is 5.32. The van der Waals surface area contributed by atoms with E-state index in [1.165, 1.54) is 5.56 Å². The second-order valence-corrected chi connectivity index (χ2v) is 10.2. The summed E-state index contributed by atoms with van der Waals surface area (Å²) in [5.74, 6) is 0.659. The van der Waals surface area contributed by atoms with Crippen LogP contribution in [0.4, 0.5) is 0 Å². The third-order valence-corrected chi connectivity index (χ3v) is 7.40. The van der Waals surface area contributed by atoms with Gasteiger partial charge in [-0.3, -0.25) is 9.59 Å². The van der Waals surface area contributed by atoms with Gasteiger partial charge >= 0.3 is 0 Å². The van der Waals surface area contributed by atoms with Crippen LogP contribution in [0.25, 0.3) is 10.9 Å². The van der Waals surface area contributed by atoms with Gasteiger partial charge in [-0.2, -0.15) is 0 Å². The Morgan fingerprint density at radius 3 is 2.65 bits per heavy atom. The molecule has 7 heteroatoms. The SMILES string of the molecule is CC(C)N1CCOc2ccccc2CCCCC2(CN(C(=O)c3ccc4ccccc4n3)CCO2)C1=O. The van der Waals surface area contributed by atoms with Crippen LogP contribution < -0.4 is 4.74 Å². The first kappa shape index (κ1) is 25.2. The van der Waals surface area contributed by atoms with Crippen molar-refractivity contribution in [1.82, 2.24) is 14.8 Å². The lowest BCUT2D eigenvalue weighted by atomic mass is 9.90. The maximum Gasteiger partial charge on any atom is 0.272 e. The first-order chi connectivity index (χ1) is 18.0. The topological polar surface area (TPSA) is 72.0 Å². The molecule has 0 bridgehead atoms. The maximum absolute atomic E-state index is 14.1. The van der Waals surface area contributed by atoms with Crippen molar-refractivity contribution >= 4 is 22.7 Å². The number of carbonyl (C=O) groups excluding carboxylic acids is 2. The Labute approximate surface area is 218 Å². The van der Waals surface area contributed by atoms with Crippen molar-refractivity contribution in [2.45, 2.75) is 51.2 Å². The molecule has 3 heterocycles. The van der Waals surface area contributed by atoms with E-state index in [4.69, 9.17) is 9.47 Å².